The van der Waals surface area contributed by atoms with Crippen LogP contribution in [0, 0.1) is 6.92 Å². The summed E-state index contributed by atoms with van der Waals surface area (Å²) < 4.78 is 5.39. The van der Waals surface area contributed by atoms with Gasteiger partial charge in [0, 0.05) is 6.54 Å². The molecule has 136 valence electrons. The molecule has 1 heterocycles. The fourth-order valence-electron chi connectivity index (χ4n) is 3.19. The number of rotatable bonds is 6. The van der Waals surface area contributed by atoms with E-state index >= 15 is 0 Å². The summed E-state index contributed by atoms with van der Waals surface area (Å²) in [6.07, 6.45) is 1.94. The highest BCUT2D eigenvalue weighted by molar-refractivity contribution is 5.85. The highest BCUT2D eigenvalue weighted by atomic mass is 16.5. The van der Waals surface area contributed by atoms with Crippen LogP contribution in [0.25, 0.3) is 0 Å². The van der Waals surface area contributed by atoms with Crippen molar-refractivity contribution in [3.05, 3.63) is 65.7 Å². The molecular weight excluding hydrogens is 328 g/mol. The van der Waals surface area contributed by atoms with Crippen molar-refractivity contribution in [2.45, 2.75) is 25.8 Å². The van der Waals surface area contributed by atoms with Gasteiger partial charge in [-0.2, -0.15) is 0 Å². The first-order valence-corrected chi connectivity index (χ1v) is 8.94. The zero-order valence-corrected chi connectivity index (χ0v) is 15.0. The van der Waals surface area contributed by atoms with Gasteiger partial charge in [0.25, 0.3) is 5.91 Å². The van der Waals surface area contributed by atoms with Crippen molar-refractivity contribution in [3.8, 4) is 5.75 Å². The zero-order valence-electron chi connectivity index (χ0n) is 15.0. The summed E-state index contributed by atoms with van der Waals surface area (Å²) in [5.74, 6) is 0.280. The lowest BCUT2D eigenvalue weighted by molar-refractivity contribution is -0.134. The molecule has 1 aliphatic rings. The molecule has 3 rings (SSSR count). The number of nitrogens with one attached hydrogen (secondary N) is 1. The fraction of sp³-hybridized carbons (Fsp3) is 0.333. The Balaban J connectivity index is 1.49. The number of carbonyl (C=O) groups excluding carboxylic acids is 2. The number of likely N-dealkylation sites (tertiary alicyclic amines) is 1. The maximum absolute atomic E-state index is 12.5. The van der Waals surface area contributed by atoms with E-state index in [4.69, 9.17) is 4.74 Å². The summed E-state index contributed by atoms with van der Waals surface area (Å²) in [5.41, 5.74) is 2.36. The molecule has 1 fully saturated rings. The lowest BCUT2D eigenvalue weighted by Crippen LogP contribution is -2.41. The Morgan fingerprint density at radius 2 is 1.85 bits per heavy atom. The average molecular weight is 352 g/mol. The summed E-state index contributed by atoms with van der Waals surface area (Å²) in [6.45, 7) is 2.68. The monoisotopic (exact) mass is 352 g/mol. The predicted octanol–water partition coefficient (Wildman–Crippen LogP) is 2.85. The van der Waals surface area contributed by atoms with Gasteiger partial charge in [0.1, 0.15) is 5.75 Å². The molecule has 0 spiro atoms. The van der Waals surface area contributed by atoms with Crippen molar-refractivity contribution in [1.29, 1.82) is 0 Å². The number of ether oxygens (including phenoxy) is 1. The molecule has 5 heteroatoms. The van der Waals surface area contributed by atoms with Crippen LogP contribution in [0.3, 0.4) is 0 Å². The first-order chi connectivity index (χ1) is 12.6. The molecule has 0 bridgehead atoms. The number of carbonyl (C=O) groups is 2. The van der Waals surface area contributed by atoms with Crippen LogP contribution in [0.2, 0.25) is 0 Å². The predicted molar refractivity (Wildman–Crippen MR) is 99.8 cm³/mol. The summed E-state index contributed by atoms with van der Waals surface area (Å²) in [4.78, 5) is 26.3. The van der Waals surface area contributed by atoms with E-state index < -0.39 is 0 Å². The molecule has 26 heavy (non-hydrogen) atoms. The number of hydrogen-bond donors (Lipinski definition) is 1. The van der Waals surface area contributed by atoms with Crippen LogP contribution in [0.1, 0.15) is 30.0 Å². The molecule has 1 N–H and O–H groups in total. The van der Waals surface area contributed by atoms with E-state index in [0.29, 0.717) is 5.75 Å². The maximum atomic E-state index is 12.5. The molecule has 1 unspecified atom stereocenters. The molecule has 1 atom stereocenters. The molecule has 5 nitrogen and oxygen atoms in total. The minimum absolute atomic E-state index is 0.000650. The van der Waals surface area contributed by atoms with Crippen LogP contribution in [0.5, 0.6) is 5.75 Å². The van der Waals surface area contributed by atoms with Crippen LogP contribution < -0.4 is 10.1 Å². The smallest absolute Gasteiger partial charge is 0.258 e. The molecule has 0 aliphatic carbocycles. The van der Waals surface area contributed by atoms with E-state index in [1.54, 1.807) is 12.1 Å². The second-order valence-electron chi connectivity index (χ2n) is 6.53. The Hall–Kier alpha value is -2.82. The second-order valence-corrected chi connectivity index (χ2v) is 6.53. The van der Waals surface area contributed by atoms with Crippen LogP contribution in [0.4, 0.5) is 0 Å². The van der Waals surface area contributed by atoms with Crippen molar-refractivity contribution in [1.82, 2.24) is 10.2 Å². The third-order valence-electron chi connectivity index (χ3n) is 4.59. The van der Waals surface area contributed by atoms with Crippen molar-refractivity contribution in [3.63, 3.8) is 0 Å². The Bertz CT molecular complexity index is 744. The Kier molecular flexibility index (Phi) is 5.89. The molecule has 0 aromatic heterocycles. The van der Waals surface area contributed by atoms with Gasteiger partial charge in [-0.25, -0.2) is 0 Å². The Labute approximate surface area is 154 Å². The van der Waals surface area contributed by atoms with E-state index in [1.807, 2.05) is 30.0 Å². The maximum Gasteiger partial charge on any atom is 0.258 e. The second kappa shape index (κ2) is 8.52. The van der Waals surface area contributed by atoms with Gasteiger partial charge in [-0.3, -0.25) is 9.59 Å². The van der Waals surface area contributed by atoms with E-state index in [2.05, 4.69) is 29.6 Å². The molecule has 0 radical (unpaired) electrons. The number of aryl methyl sites for hydroxylation is 1. The lowest BCUT2D eigenvalue weighted by atomic mass is 10.0. The van der Waals surface area contributed by atoms with Crippen LogP contribution in [0.15, 0.2) is 54.6 Å². The van der Waals surface area contributed by atoms with Crippen LogP contribution in [-0.2, 0) is 9.59 Å². The van der Waals surface area contributed by atoms with Crippen LogP contribution in [-0.4, -0.2) is 36.4 Å². The summed E-state index contributed by atoms with van der Waals surface area (Å²) in [6, 6.07) is 17.5. The zero-order chi connectivity index (χ0) is 18.4. The summed E-state index contributed by atoms with van der Waals surface area (Å²) >= 11 is 0. The summed E-state index contributed by atoms with van der Waals surface area (Å²) in [5, 5.41) is 2.66. The molecule has 1 aliphatic heterocycles. The normalized spacial score (nSPS) is 16.3. The molecular formula is C21H24N2O3. The molecule has 2 aromatic carbocycles. The van der Waals surface area contributed by atoms with Crippen molar-refractivity contribution in [2.75, 3.05) is 19.7 Å². The molecule has 2 aromatic rings. The summed E-state index contributed by atoms with van der Waals surface area (Å²) in [7, 11) is 0. The van der Waals surface area contributed by atoms with Crippen molar-refractivity contribution >= 4 is 11.8 Å². The number of nitrogens with zero attached hydrogens (tertiary/aromatic N) is 1. The SMILES string of the molecule is Cc1ccc(C2CCCN2C(=O)CNC(=O)COc2ccccc2)cc1. The van der Waals surface area contributed by atoms with Gasteiger partial charge >= 0.3 is 0 Å². The van der Waals surface area contributed by atoms with E-state index in [1.165, 1.54) is 5.56 Å². The third-order valence-corrected chi connectivity index (χ3v) is 4.59. The standard InChI is InChI=1S/C21H24N2O3/c1-16-9-11-17(12-10-16)19-8-5-13-23(19)21(25)14-22-20(24)15-26-18-6-3-2-4-7-18/h2-4,6-7,9-12,19H,5,8,13-15H2,1H3,(H,22,24). The number of amides is 2. The fourth-order valence-corrected chi connectivity index (χ4v) is 3.19. The van der Waals surface area contributed by atoms with Gasteiger partial charge in [-0.1, -0.05) is 48.0 Å². The highest BCUT2D eigenvalue weighted by Gasteiger charge is 2.29. The average Bonchev–Trinajstić information content (AvgIpc) is 3.16. The third kappa shape index (κ3) is 4.63. The Morgan fingerprint density at radius 3 is 2.58 bits per heavy atom. The quantitative estimate of drug-likeness (QED) is 0.870. The topological polar surface area (TPSA) is 58.6 Å². The number of para-hydroxylation sites is 1. The van der Waals surface area contributed by atoms with Gasteiger partial charge in [0.2, 0.25) is 5.91 Å². The van der Waals surface area contributed by atoms with Crippen molar-refractivity contribution < 1.29 is 14.3 Å². The molecule has 2 amide bonds. The minimum atomic E-state index is -0.298. The highest BCUT2D eigenvalue weighted by Crippen LogP contribution is 2.31. The first-order valence-electron chi connectivity index (χ1n) is 8.94. The number of hydrogen-bond acceptors (Lipinski definition) is 3. The van der Waals surface area contributed by atoms with Crippen molar-refractivity contribution in [2.24, 2.45) is 0 Å². The van der Waals surface area contributed by atoms with Gasteiger partial charge in [0.15, 0.2) is 6.61 Å². The van der Waals surface area contributed by atoms with E-state index in [9.17, 15) is 9.59 Å². The lowest BCUT2D eigenvalue weighted by Gasteiger charge is -2.25. The van der Waals surface area contributed by atoms with Crippen LogP contribution >= 0.6 is 0 Å². The number of benzene rings is 2. The largest absolute Gasteiger partial charge is 0.484 e. The van der Waals surface area contributed by atoms with Gasteiger partial charge in [-0.05, 0) is 37.5 Å². The van der Waals surface area contributed by atoms with Gasteiger partial charge < -0.3 is 15.0 Å². The van der Waals surface area contributed by atoms with E-state index in [-0.39, 0.29) is 31.0 Å². The molecule has 0 saturated carbocycles. The minimum Gasteiger partial charge on any atom is -0.484 e. The molecule has 1 saturated heterocycles. The first kappa shape index (κ1) is 18.0. The van der Waals surface area contributed by atoms with Gasteiger partial charge in [-0.15, -0.1) is 0 Å². The van der Waals surface area contributed by atoms with Gasteiger partial charge in [0.05, 0.1) is 12.6 Å². The Morgan fingerprint density at radius 1 is 1.12 bits per heavy atom. The van der Waals surface area contributed by atoms with E-state index in [0.717, 1.165) is 24.9 Å².